The van der Waals surface area contributed by atoms with Crippen molar-refractivity contribution in [2.45, 2.75) is 45.8 Å². The predicted molar refractivity (Wildman–Crippen MR) is 88.4 cm³/mol. The molecule has 1 aliphatic rings. The number of nitrogens with two attached hydrogens (primary N) is 1. The summed E-state index contributed by atoms with van der Waals surface area (Å²) < 4.78 is 13.8. The lowest BCUT2D eigenvalue weighted by atomic mass is 9.79. The summed E-state index contributed by atoms with van der Waals surface area (Å²) in [5, 5.41) is 4.38. The number of nitrogen functional groups attached to an aromatic ring is 1. The zero-order valence-electron chi connectivity index (χ0n) is 13.8. The van der Waals surface area contributed by atoms with Gasteiger partial charge in [0, 0.05) is 6.07 Å². The minimum Gasteiger partial charge on any atom is -0.399 e. The second-order valence-electron chi connectivity index (χ2n) is 6.80. The highest BCUT2D eigenvalue weighted by molar-refractivity contribution is 6.62. The Hall–Kier alpha value is -1.79. The summed E-state index contributed by atoms with van der Waals surface area (Å²) in [6.07, 6.45) is 0. The van der Waals surface area contributed by atoms with Crippen molar-refractivity contribution in [2.75, 3.05) is 5.73 Å². The number of aryl methyl sites for hydroxylation is 1. The van der Waals surface area contributed by atoms with Gasteiger partial charge in [0.25, 0.3) is 0 Å². The molecular weight excluding hydrogens is 277 g/mol. The van der Waals surface area contributed by atoms with Crippen LogP contribution in [0, 0.1) is 6.92 Å². The molecule has 0 saturated carbocycles. The highest BCUT2D eigenvalue weighted by Gasteiger charge is 2.51. The first kappa shape index (κ1) is 15.1. The molecular formula is C16H22BN3O2. The van der Waals surface area contributed by atoms with Crippen LogP contribution in [-0.4, -0.2) is 28.1 Å². The number of benzene rings is 1. The molecule has 2 aromatic rings. The number of aromatic nitrogens is 2. The molecule has 1 aromatic heterocycles. The zero-order valence-corrected chi connectivity index (χ0v) is 13.8. The fourth-order valence-corrected chi connectivity index (χ4v) is 2.48. The molecule has 3 rings (SSSR count). The van der Waals surface area contributed by atoms with Crippen molar-refractivity contribution in [3.8, 4) is 5.69 Å². The van der Waals surface area contributed by atoms with E-state index in [1.807, 2.05) is 37.3 Å². The van der Waals surface area contributed by atoms with E-state index >= 15 is 0 Å². The summed E-state index contributed by atoms with van der Waals surface area (Å²) in [6.45, 7) is 10.1. The largest absolute Gasteiger partial charge is 0.494 e. The van der Waals surface area contributed by atoms with E-state index in [9.17, 15) is 0 Å². The standard InChI is InChI=1S/C16H22BN3O2/c1-11-10-14(18)20(19-11)13-8-6-12(7-9-13)17-21-15(2,3)16(4,5)22-17/h6-10H,18H2,1-5H3. The first-order valence-corrected chi connectivity index (χ1v) is 7.48. The van der Waals surface area contributed by atoms with Crippen LogP contribution < -0.4 is 11.2 Å². The third kappa shape index (κ3) is 2.42. The Kier molecular flexibility index (Phi) is 3.34. The molecule has 2 N–H and O–H groups in total. The van der Waals surface area contributed by atoms with Crippen molar-refractivity contribution in [1.82, 2.24) is 9.78 Å². The molecule has 5 nitrogen and oxygen atoms in total. The molecule has 116 valence electrons. The molecule has 0 spiro atoms. The Morgan fingerprint density at radius 1 is 1.05 bits per heavy atom. The average molecular weight is 299 g/mol. The van der Waals surface area contributed by atoms with Crippen LogP contribution in [0.25, 0.3) is 5.69 Å². The van der Waals surface area contributed by atoms with E-state index in [4.69, 9.17) is 15.0 Å². The van der Waals surface area contributed by atoms with Gasteiger partial charge in [0.1, 0.15) is 5.82 Å². The van der Waals surface area contributed by atoms with Crippen LogP contribution in [0.4, 0.5) is 5.82 Å². The molecule has 0 radical (unpaired) electrons. The maximum atomic E-state index is 6.05. The maximum Gasteiger partial charge on any atom is 0.494 e. The molecule has 1 fully saturated rings. The summed E-state index contributed by atoms with van der Waals surface area (Å²) in [5.74, 6) is 0.626. The lowest BCUT2D eigenvalue weighted by Crippen LogP contribution is -2.41. The molecule has 1 saturated heterocycles. The van der Waals surface area contributed by atoms with E-state index in [-0.39, 0.29) is 18.3 Å². The van der Waals surface area contributed by atoms with Crippen LogP contribution in [0.5, 0.6) is 0 Å². The molecule has 1 aromatic carbocycles. The van der Waals surface area contributed by atoms with E-state index in [0.717, 1.165) is 16.8 Å². The highest BCUT2D eigenvalue weighted by atomic mass is 16.7. The number of rotatable bonds is 2. The van der Waals surface area contributed by atoms with E-state index in [1.165, 1.54) is 0 Å². The molecule has 0 bridgehead atoms. The summed E-state index contributed by atoms with van der Waals surface area (Å²) in [7, 11) is -0.351. The molecule has 22 heavy (non-hydrogen) atoms. The molecule has 0 amide bonds. The van der Waals surface area contributed by atoms with E-state index in [2.05, 4.69) is 32.8 Å². The van der Waals surface area contributed by atoms with Crippen LogP contribution in [0.2, 0.25) is 0 Å². The third-order valence-corrected chi connectivity index (χ3v) is 4.52. The highest BCUT2D eigenvalue weighted by Crippen LogP contribution is 2.36. The molecule has 0 unspecified atom stereocenters. The molecule has 2 heterocycles. The maximum absolute atomic E-state index is 6.05. The number of nitrogens with zero attached hydrogens (tertiary/aromatic N) is 2. The van der Waals surface area contributed by atoms with Gasteiger partial charge < -0.3 is 15.0 Å². The monoisotopic (exact) mass is 299 g/mol. The van der Waals surface area contributed by atoms with Gasteiger partial charge in [-0.1, -0.05) is 12.1 Å². The fraction of sp³-hybridized carbons (Fsp3) is 0.438. The molecule has 0 aliphatic carbocycles. The second-order valence-corrected chi connectivity index (χ2v) is 6.80. The summed E-state index contributed by atoms with van der Waals surface area (Å²) in [4.78, 5) is 0. The lowest BCUT2D eigenvalue weighted by Gasteiger charge is -2.32. The normalized spacial score (nSPS) is 19.6. The van der Waals surface area contributed by atoms with Gasteiger partial charge in [-0.15, -0.1) is 0 Å². The van der Waals surface area contributed by atoms with Crippen molar-refractivity contribution in [2.24, 2.45) is 0 Å². The Balaban J connectivity index is 1.85. The predicted octanol–water partition coefficient (Wildman–Crippen LogP) is 2.06. The molecule has 0 atom stereocenters. The van der Waals surface area contributed by atoms with Crippen LogP contribution in [-0.2, 0) is 9.31 Å². The van der Waals surface area contributed by atoms with Gasteiger partial charge in [-0.05, 0) is 52.2 Å². The summed E-state index contributed by atoms with van der Waals surface area (Å²) in [6, 6.07) is 9.79. The minimum absolute atomic E-state index is 0.333. The van der Waals surface area contributed by atoms with Gasteiger partial charge in [-0.3, -0.25) is 0 Å². The quantitative estimate of drug-likeness (QED) is 0.862. The van der Waals surface area contributed by atoms with Crippen molar-refractivity contribution in [3.05, 3.63) is 36.0 Å². The fourth-order valence-electron chi connectivity index (χ4n) is 2.48. The van der Waals surface area contributed by atoms with Crippen LogP contribution in [0.3, 0.4) is 0 Å². The van der Waals surface area contributed by atoms with E-state index in [1.54, 1.807) is 4.68 Å². The molecule has 1 aliphatic heterocycles. The first-order valence-electron chi connectivity index (χ1n) is 7.48. The zero-order chi connectivity index (χ0) is 16.1. The van der Waals surface area contributed by atoms with Crippen LogP contribution in [0.15, 0.2) is 30.3 Å². The van der Waals surface area contributed by atoms with Crippen molar-refractivity contribution in [1.29, 1.82) is 0 Å². The third-order valence-electron chi connectivity index (χ3n) is 4.52. The Morgan fingerprint density at radius 3 is 2.05 bits per heavy atom. The number of anilines is 1. The summed E-state index contributed by atoms with van der Waals surface area (Å²) >= 11 is 0. The average Bonchev–Trinajstić information content (AvgIpc) is 2.86. The Labute approximate surface area is 131 Å². The smallest absolute Gasteiger partial charge is 0.399 e. The molecule has 6 heteroatoms. The Bertz CT molecular complexity index is 676. The summed E-state index contributed by atoms with van der Waals surface area (Å²) in [5.41, 5.74) is 8.10. The van der Waals surface area contributed by atoms with Gasteiger partial charge in [0.15, 0.2) is 0 Å². The number of hydrogen-bond donors (Lipinski definition) is 1. The lowest BCUT2D eigenvalue weighted by molar-refractivity contribution is 0.00578. The topological polar surface area (TPSA) is 62.3 Å². The van der Waals surface area contributed by atoms with Gasteiger partial charge in [0.05, 0.1) is 22.6 Å². The van der Waals surface area contributed by atoms with Crippen molar-refractivity contribution in [3.63, 3.8) is 0 Å². The SMILES string of the molecule is Cc1cc(N)n(-c2ccc(B3OC(C)(C)C(C)(C)O3)cc2)n1. The van der Waals surface area contributed by atoms with Gasteiger partial charge in [0.2, 0.25) is 0 Å². The Morgan fingerprint density at radius 2 is 1.59 bits per heavy atom. The van der Waals surface area contributed by atoms with Crippen LogP contribution >= 0.6 is 0 Å². The van der Waals surface area contributed by atoms with Crippen molar-refractivity contribution < 1.29 is 9.31 Å². The van der Waals surface area contributed by atoms with E-state index < -0.39 is 0 Å². The van der Waals surface area contributed by atoms with Gasteiger partial charge in [-0.25, -0.2) is 4.68 Å². The van der Waals surface area contributed by atoms with E-state index in [0.29, 0.717) is 5.82 Å². The minimum atomic E-state index is -0.351. The van der Waals surface area contributed by atoms with Crippen molar-refractivity contribution >= 4 is 18.4 Å². The second kappa shape index (κ2) is 4.86. The van der Waals surface area contributed by atoms with Crippen LogP contribution in [0.1, 0.15) is 33.4 Å². The first-order chi connectivity index (χ1) is 10.2. The number of hydrogen-bond acceptors (Lipinski definition) is 4. The van der Waals surface area contributed by atoms with Gasteiger partial charge in [-0.2, -0.15) is 5.10 Å². The van der Waals surface area contributed by atoms with Gasteiger partial charge >= 0.3 is 7.12 Å².